The van der Waals surface area contributed by atoms with Crippen LogP contribution in [-0.4, -0.2) is 37.8 Å². The van der Waals surface area contributed by atoms with Gasteiger partial charge in [-0.15, -0.1) is 0 Å². The van der Waals surface area contributed by atoms with Gasteiger partial charge < -0.3 is 0 Å². The lowest BCUT2D eigenvalue weighted by molar-refractivity contribution is -0.126. The summed E-state index contributed by atoms with van der Waals surface area (Å²) in [5.41, 5.74) is 3.25. The van der Waals surface area contributed by atoms with Crippen molar-refractivity contribution in [2.24, 2.45) is 0 Å². The normalized spacial score (nSPS) is 13.7. The smallest absolute Gasteiger partial charge is 0.270 e. The van der Waals surface area contributed by atoms with E-state index in [0.29, 0.717) is 5.01 Å². The van der Waals surface area contributed by atoms with Crippen molar-refractivity contribution < 1.29 is 27.0 Å². The number of imide groups is 1. The number of fused-ring (bicyclic) bond motifs is 1. The summed E-state index contributed by atoms with van der Waals surface area (Å²) in [5.74, 6) is -2.34. The molecule has 0 spiro atoms. The molecule has 1 aliphatic rings. The van der Waals surface area contributed by atoms with Gasteiger partial charge in [0.2, 0.25) is 0 Å². The van der Waals surface area contributed by atoms with Crippen LogP contribution < -0.4 is 5.43 Å². The number of hydrogen-bond donors (Lipinski definition) is 1. The van der Waals surface area contributed by atoms with Crippen molar-refractivity contribution in [2.45, 2.75) is 11.8 Å². The lowest BCUT2D eigenvalue weighted by atomic mass is 10.1. The highest BCUT2D eigenvalue weighted by Gasteiger charge is 2.36. The number of carbonyl (C=O) groups excluding carboxylic acids is 3. The highest BCUT2D eigenvalue weighted by Crippen LogP contribution is 2.20. The number of rotatable bonds is 5. The molecule has 3 rings (SSSR count). The summed E-state index contributed by atoms with van der Waals surface area (Å²) in [6, 6.07) is 12.0. The maximum absolute atomic E-state index is 12.1. The number of hydrazine groups is 1. The van der Waals surface area contributed by atoms with Crippen molar-refractivity contribution in [3.63, 3.8) is 0 Å². The summed E-state index contributed by atoms with van der Waals surface area (Å²) in [4.78, 5) is 36.1. The monoisotopic (exact) mass is 374 g/mol. The van der Waals surface area contributed by atoms with Crippen molar-refractivity contribution in [2.75, 3.05) is 6.61 Å². The van der Waals surface area contributed by atoms with Crippen molar-refractivity contribution >= 4 is 27.8 Å². The molecule has 0 fully saturated rings. The molecule has 0 atom stereocenters. The molecular formula is C17H14N2O6S. The molecule has 0 saturated heterocycles. The Morgan fingerprint density at radius 2 is 1.54 bits per heavy atom. The summed E-state index contributed by atoms with van der Waals surface area (Å²) in [5, 5.41) is 0.537. The Balaban J connectivity index is 1.64. The second-order valence-electron chi connectivity index (χ2n) is 5.56. The molecule has 1 heterocycles. The third kappa shape index (κ3) is 3.35. The second-order valence-corrected chi connectivity index (χ2v) is 7.17. The van der Waals surface area contributed by atoms with E-state index >= 15 is 0 Å². The van der Waals surface area contributed by atoms with Crippen LogP contribution in [0, 0.1) is 6.92 Å². The predicted octanol–water partition coefficient (Wildman–Crippen LogP) is 1.03. The highest BCUT2D eigenvalue weighted by molar-refractivity contribution is 7.86. The first kappa shape index (κ1) is 17.8. The zero-order valence-electron chi connectivity index (χ0n) is 13.6. The number of hydrogen-bond acceptors (Lipinski definition) is 6. The quantitative estimate of drug-likeness (QED) is 0.618. The number of nitrogens with one attached hydrogen (secondary N) is 1. The molecule has 0 aromatic heterocycles. The molecule has 1 aliphatic heterocycles. The van der Waals surface area contributed by atoms with Crippen LogP contribution in [0.4, 0.5) is 0 Å². The fourth-order valence-electron chi connectivity index (χ4n) is 2.35. The van der Waals surface area contributed by atoms with Crippen LogP contribution in [0.2, 0.25) is 0 Å². The Labute approximate surface area is 149 Å². The van der Waals surface area contributed by atoms with Crippen molar-refractivity contribution in [1.82, 2.24) is 10.4 Å². The number of benzene rings is 2. The summed E-state index contributed by atoms with van der Waals surface area (Å²) in [7, 11) is -4.14. The van der Waals surface area contributed by atoms with E-state index in [-0.39, 0.29) is 16.0 Å². The topological polar surface area (TPSA) is 110 Å². The lowest BCUT2D eigenvalue weighted by Gasteiger charge is -2.15. The van der Waals surface area contributed by atoms with E-state index in [1.165, 1.54) is 24.3 Å². The molecule has 134 valence electrons. The van der Waals surface area contributed by atoms with Crippen LogP contribution in [0.5, 0.6) is 0 Å². The van der Waals surface area contributed by atoms with Crippen molar-refractivity contribution in [1.29, 1.82) is 0 Å². The Morgan fingerprint density at radius 3 is 2.08 bits per heavy atom. The van der Waals surface area contributed by atoms with Gasteiger partial charge in [-0.1, -0.05) is 29.8 Å². The van der Waals surface area contributed by atoms with Gasteiger partial charge >= 0.3 is 0 Å². The summed E-state index contributed by atoms with van der Waals surface area (Å²) in [6.45, 7) is 0.927. The Bertz CT molecular complexity index is 963. The molecule has 3 amide bonds. The van der Waals surface area contributed by atoms with E-state index < -0.39 is 34.4 Å². The third-order valence-electron chi connectivity index (χ3n) is 3.69. The van der Waals surface area contributed by atoms with Gasteiger partial charge in [-0.25, -0.2) is 0 Å². The van der Waals surface area contributed by atoms with E-state index in [4.69, 9.17) is 0 Å². The molecule has 2 aromatic carbocycles. The van der Waals surface area contributed by atoms with Gasteiger partial charge in [-0.05, 0) is 31.2 Å². The van der Waals surface area contributed by atoms with Gasteiger partial charge in [-0.2, -0.15) is 13.4 Å². The predicted molar refractivity (Wildman–Crippen MR) is 89.4 cm³/mol. The molecule has 9 heteroatoms. The fraction of sp³-hybridized carbons (Fsp3) is 0.118. The highest BCUT2D eigenvalue weighted by atomic mass is 32.2. The van der Waals surface area contributed by atoms with Crippen LogP contribution in [0.1, 0.15) is 26.3 Å². The van der Waals surface area contributed by atoms with Crippen LogP contribution >= 0.6 is 0 Å². The molecule has 0 bridgehead atoms. The molecule has 0 radical (unpaired) electrons. The number of amides is 3. The van der Waals surface area contributed by atoms with Gasteiger partial charge in [0.1, 0.15) is 6.61 Å². The molecule has 8 nitrogen and oxygen atoms in total. The van der Waals surface area contributed by atoms with Gasteiger partial charge in [0, 0.05) is 0 Å². The summed E-state index contributed by atoms with van der Waals surface area (Å²) < 4.78 is 28.8. The van der Waals surface area contributed by atoms with Crippen LogP contribution in [0.15, 0.2) is 53.4 Å². The van der Waals surface area contributed by atoms with Crippen molar-refractivity contribution in [3.05, 3.63) is 65.2 Å². The maximum Gasteiger partial charge on any atom is 0.297 e. The first-order chi connectivity index (χ1) is 12.3. The average Bonchev–Trinajstić information content (AvgIpc) is 2.86. The first-order valence-electron chi connectivity index (χ1n) is 7.53. The molecule has 0 saturated carbocycles. The SMILES string of the molecule is Cc1ccc(S(=O)(=O)OCC(=O)NN2C(=O)c3ccccc3C2=O)cc1. The fourth-order valence-corrected chi connectivity index (χ4v) is 3.22. The van der Waals surface area contributed by atoms with Crippen LogP contribution in [0.3, 0.4) is 0 Å². The Morgan fingerprint density at radius 1 is 1.00 bits per heavy atom. The average molecular weight is 374 g/mol. The lowest BCUT2D eigenvalue weighted by Crippen LogP contribution is -2.47. The van der Waals surface area contributed by atoms with Gasteiger partial charge in [0.15, 0.2) is 0 Å². The van der Waals surface area contributed by atoms with Crippen LogP contribution in [0.25, 0.3) is 0 Å². The zero-order chi connectivity index (χ0) is 18.9. The Kier molecular flexibility index (Phi) is 4.58. The molecule has 0 aliphatic carbocycles. The number of nitrogens with zero attached hydrogens (tertiary/aromatic N) is 1. The summed E-state index contributed by atoms with van der Waals surface area (Å²) >= 11 is 0. The van der Waals surface area contributed by atoms with Crippen LogP contribution in [-0.2, 0) is 19.1 Å². The summed E-state index contributed by atoms with van der Waals surface area (Å²) in [6.07, 6.45) is 0. The third-order valence-corrected chi connectivity index (χ3v) is 4.96. The number of carbonyl (C=O) groups is 3. The first-order valence-corrected chi connectivity index (χ1v) is 8.94. The Hall–Kier alpha value is -3.04. The molecular weight excluding hydrogens is 360 g/mol. The van der Waals surface area contributed by atoms with Gasteiger partial charge in [0.25, 0.3) is 27.8 Å². The van der Waals surface area contributed by atoms with Crippen molar-refractivity contribution in [3.8, 4) is 0 Å². The largest absolute Gasteiger partial charge is 0.297 e. The van der Waals surface area contributed by atoms with E-state index in [0.717, 1.165) is 5.56 Å². The standard InChI is InChI=1S/C17H14N2O6S/c1-11-6-8-12(9-7-11)26(23,24)25-10-15(20)18-19-16(21)13-4-2-3-5-14(13)17(19)22/h2-9H,10H2,1H3,(H,18,20). The van der Waals surface area contributed by atoms with E-state index in [1.807, 2.05) is 0 Å². The minimum atomic E-state index is -4.14. The molecule has 1 N–H and O–H groups in total. The second kappa shape index (κ2) is 6.70. The minimum Gasteiger partial charge on any atom is -0.270 e. The molecule has 0 unspecified atom stereocenters. The van der Waals surface area contributed by atoms with E-state index in [1.54, 1.807) is 31.2 Å². The van der Waals surface area contributed by atoms with E-state index in [2.05, 4.69) is 9.61 Å². The van der Waals surface area contributed by atoms with E-state index in [9.17, 15) is 22.8 Å². The maximum atomic E-state index is 12.1. The van der Waals surface area contributed by atoms with Gasteiger partial charge in [0.05, 0.1) is 16.0 Å². The zero-order valence-corrected chi connectivity index (χ0v) is 14.4. The molecule has 2 aromatic rings. The molecule has 26 heavy (non-hydrogen) atoms. The minimum absolute atomic E-state index is 0.100. The number of aryl methyl sites for hydroxylation is 1. The van der Waals surface area contributed by atoms with Gasteiger partial charge in [-0.3, -0.25) is 24.0 Å².